The van der Waals surface area contributed by atoms with Gasteiger partial charge in [-0.15, -0.1) is 0 Å². The summed E-state index contributed by atoms with van der Waals surface area (Å²) in [5.74, 6) is 1.38. The highest BCUT2D eigenvalue weighted by Gasteiger charge is 2.04. The van der Waals surface area contributed by atoms with E-state index in [1.54, 1.807) is 0 Å². The predicted molar refractivity (Wildman–Crippen MR) is 92.6 cm³/mol. The van der Waals surface area contributed by atoms with Crippen molar-refractivity contribution in [2.75, 3.05) is 11.0 Å². The number of nitrogens with one attached hydrogen (secondary N) is 2. The van der Waals surface area contributed by atoms with Crippen LogP contribution in [0.2, 0.25) is 0 Å². The molecule has 4 heteroatoms. The van der Waals surface area contributed by atoms with Gasteiger partial charge in [0.2, 0.25) is 0 Å². The number of hydrogen-bond acceptors (Lipinski definition) is 4. The van der Waals surface area contributed by atoms with Crippen molar-refractivity contribution in [1.82, 2.24) is 0 Å². The highest BCUT2D eigenvalue weighted by atomic mass is 16.7. The lowest BCUT2D eigenvalue weighted by Crippen LogP contribution is -2.07. The Balaban J connectivity index is 1.64. The smallest absolute Gasteiger partial charge is 0.161 e. The topological polar surface area (TPSA) is 42.5 Å². The Labute approximate surface area is 135 Å². The standard InChI is InChI=1S/C19H18N2O2/c1-15-12-13-18(22-20-16-8-4-2-5-9-16)14-19(15)23-21-17-10-6-3-7-11-17/h2-14,20-21H,1H3. The van der Waals surface area contributed by atoms with Gasteiger partial charge >= 0.3 is 0 Å². The van der Waals surface area contributed by atoms with Gasteiger partial charge in [0.25, 0.3) is 0 Å². The molecule has 0 unspecified atom stereocenters. The van der Waals surface area contributed by atoms with Gasteiger partial charge in [-0.2, -0.15) is 0 Å². The minimum atomic E-state index is 0.671. The average Bonchev–Trinajstić information content (AvgIpc) is 2.62. The van der Waals surface area contributed by atoms with Gasteiger partial charge in [-0.25, -0.2) is 11.0 Å². The summed E-state index contributed by atoms with van der Waals surface area (Å²) in [5.41, 5.74) is 8.62. The molecule has 0 aliphatic heterocycles. The van der Waals surface area contributed by atoms with Crippen molar-refractivity contribution in [3.05, 3.63) is 84.4 Å². The summed E-state index contributed by atoms with van der Waals surface area (Å²) >= 11 is 0. The second-order valence-corrected chi connectivity index (χ2v) is 5.07. The van der Waals surface area contributed by atoms with E-state index >= 15 is 0 Å². The van der Waals surface area contributed by atoms with E-state index in [-0.39, 0.29) is 0 Å². The summed E-state index contributed by atoms with van der Waals surface area (Å²) in [6.45, 7) is 1.98. The van der Waals surface area contributed by atoms with E-state index < -0.39 is 0 Å². The fourth-order valence-electron chi connectivity index (χ4n) is 2.00. The Bertz CT molecular complexity index is 746. The monoisotopic (exact) mass is 306 g/mol. The Kier molecular flexibility index (Phi) is 4.64. The Morgan fingerprint density at radius 3 is 1.83 bits per heavy atom. The Hall–Kier alpha value is -3.14. The Morgan fingerprint density at radius 2 is 1.22 bits per heavy atom. The van der Waals surface area contributed by atoms with E-state index in [0.29, 0.717) is 11.5 Å². The van der Waals surface area contributed by atoms with E-state index in [4.69, 9.17) is 9.68 Å². The molecule has 0 saturated heterocycles. The first-order chi connectivity index (χ1) is 11.3. The molecule has 0 amide bonds. The third-order valence-electron chi connectivity index (χ3n) is 3.27. The molecule has 0 atom stereocenters. The van der Waals surface area contributed by atoms with Crippen LogP contribution in [0.25, 0.3) is 0 Å². The van der Waals surface area contributed by atoms with E-state index in [2.05, 4.69) is 11.0 Å². The predicted octanol–water partition coefficient (Wildman–Crippen LogP) is 4.81. The lowest BCUT2D eigenvalue weighted by Gasteiger charge is -2.13. The van der Waals surface area contributed by atoms with Crippen LogP contribution in [0.5, 0.6) is 11.5 Å². The van der Waals surface area contributed by atoms with Crippen LogP contribution in [-0.2, 0) is 0 Å². The number of rotatable bonds is 6. The zero-order valence-corrected chi connectivity index (χ0v) is 12.8. The van der Waals surface area contributed by atoms with Gasteiger partial charge in [0.1, 0.15) is 0 Å². The van der Waals surface area contributed by atoms with Gasteiger partial charge in [0, 0.05) is 6.07 Å². The molecule has 23 heavy (non-hydrogen) atoms. The maximum Gasteiger partial charge on any atom is 0.161 e. The normalized spacial score (nSPS) is 9.96. The molecule has 0 aliphatic carbocycles. The number of benzene rings is 3. The van der Waals surface area contributed by atoms with Gasteiger partial charge < -0.3 is 9.68 Å². The van der Waals surface area contributed by atoms with Crippen LogP contribution < -0.4 is 20.6 Å². The molecule has 0 bridgehead atoms. The molecule has 0 radical (unpaired) electrons. The van der Waals surface area contributed by atoms with Gasteiger partial charge in [0.15, 0.2) is 11.5 Å². The fraction of sp³-hybridized carbons (Fsp3) is 0.0526. The second-order valence-electron chi connectivity index (χ2n) is 5.07. The highest BCUT2D eigenvalue weighted by molar-refractivity contribution is 5.46. The van der Waals surface area contributed by atoms with Crippen LogP contribution in [0, 0.1) is 6.92 Å². The number of hydrogen-bond donors (Lipinski definition) is 2. The molecule has 4 nitrogen and oxygen atoms in total. The maximum atomic E-state index is 5.66. The number of para-hydroxylation sites is 2. The van der Waals surface area contributed by atoms with Gasteiger partial charge in [0.05, 0.1) is 11.4 Å². The molecule has 0 heterocycles. The molecular formula is C19H18N2O2. The van der Waals surface area contributed by atoms with Gasteiger partial charge in [-0.1, -0.05) is 42.5 Å². The van der Waals surface area contributed by atoms with Crippen molar-refractivity contribution >= 4 is 11.4 Å². The third-order valence-corrected chi connectivity index (χ3v) is 3.27. The van der Waals surface area contributed by atoms with Crippen molar-refractivity contribution in [1.29, 1.82) is 0 Å². The summed E-state index contributed by atoms with van der Waals surface area (Å²) in [7, 11) is 0. The fourth-order valence-corrected chi connectivity index (χ4v) is 2.00. The minimum absolute atomic E-state index is 0.671. The third kappa shape index (κ3) is 4.17. The van der Waals surface area contributed by atoms with Crippen molar-refractivity contribution in [3.63, 3.8) is 0 Å². The molecular weight excluding hydrogens is 288 g/mol. The van der Waals surface area contributed by atoms with Gasteiger partial charge in [-0.3, -0.25) is 0 Å². The zero-order valence-electron chi connectivity index (χ0n) is 12.8. The SMILES string of the molecule is Cc1ccc(ONc2ccccc2)cc1ONc1ccccc1. The number of aryl methyl sites for hydroxylation is 1. The van der Waals surface area contributed by atoms with Crippen molar-refractivity contribution in [2.24, 2.45) is 0 Å². The molecule has 0 fully saturated rings. The van der Waals surface area contributed by atoms with Crippen LogP contribution in [-0.4, -0.2) is 0 Å². The van der Waals surface area contributed by atoms with Crippen LogP contribution in [0.3, 0.4) is 0 Å². The first kappa shape index (κ1) is 14.8. The maximum absolute atomic E-state index is 5.66. The molecule has 3 aromatic rings. The summed E-state index contributed by atoms with van der Waals surface area (Å²) < 4.78 is 0. The van der Waals surface area contributed by atoms with Crippen LogP contribution in [0.15, 0.2) is 78.9 Å². The molecule has 0 saturated carbocycles. The van der Waals surface area contributed by atoms with Crippen LogP contribution in [0.4, 0.5) is 11.4 Å². The molecule has 0 aliphatic rings. The first-order valence-corrected chi connectivity index (χ1v) is 7.38. The van der Waals surface area contributed by atoms with Crippen molar-refractivity contribution in [2.45, 2.75) is 6.92 Å². The van der Waals surface area contributed by atoms with E-state index in [9.17, 15) is 0 Å². The number of anilines is 2. The summed E-state index contributed by atoms with van der Waals surface area (Å²) in [6.07, 6.45) is 0. The quantitative estimate of drug-likeness (QED) is 0.642. The summed E-state index contributed by atoms with van der Waals surface area (Å²) in [6, 6.07) is 25.1. The van der Waals surface area contributed by atoms with Gasteiger partial charge in [-0.05, 0) is 42.8 Å². The first-order valence-electron chi connectivity index (χ1n) is 7.38. The highest BCUT2D eigenvalue weighted by Crippen LogP contribution is 2.25. The van der Waals surface area contributed by atoms with E-state index in [0.717, 1.165) is 16.9 Å². The Morgan fingerprint density at radius 1 is 0.652 bits per heavy atom. The van der Waals surface area contributed by atoms with E-state index in [1.165, 1.54) is 0 Å². The molecule has 3 aromatic carbocycles. The zero-order chi connectivity index (χ0) is 15.9. The van der Waals surface area contributed by atoms with Crippen molar-refractivity contribution in [3.8, 4) is 11.5 Å². The average molecular weight is 306 g/mol. The second kappa shape index (κ2) is 7.22. The lowest BCUT2D eigenvalue weighted by molar-refractivity contribution is 0.383. The summed E-state index contributed by atoms with van der Waals surface area (Å²) in [5, 5.41) is 0. The molecule has 0 aromatic heterocycles. The molecule has 2 N–H and O–H groups in total. The molecule has 116 valence electrons. The molecule has 0 spiro atoms. The van der Waals surface area contributed by atoms with Crippen LogP contribution >= 0.6 is 0 Å². The van der Waals surface area contributed by atoms with Crippen LogP contribution in [0.1, 0.15) is 5.56 Å². The minimum Gasteiger partial charge on any atom is -0.382 e. The summed E-state index contributed by atoms with van der Waals surface area (Å²) in [4.78, 5) is 11.2. The lowest BCUT2D eigenvalue weighted by atomic mass is 10.2. The molecule has 3 rings (SSSR count). The van der Waals surface area contributed by atoms with Crippen molar-refractivity contribution < 1.29 is 9.68 Å². The largest absolute Gasteiger partial charge is 0.382 e. The van der Waals surface area contributed by atoms with E-state index in [1.807, 2.05) is 85.8 Å².